The molecule has 1 atom stereocenters. The molecule has 1 aliphatic rings. The van der Waals surface area contributed by atoms with E-state index in [2.05, 4.69) is 0 Å². The van der Waals surface area contributed by atoms with Crippen LogP contribution >= 0.6 is 0 Å². The number of hydrogen-bond donors (Lipinski definition) is 0. The predicted molar refractivity (Wildman–Crippen MR) is 62.9 cm³/mol. The molecule has 92 valence electrons. The van der Waals surface area contributed by atoms with Gasteiger partial charge in [0.1, 0.15) is 0 Å². The van der Waals surface area contributed by atoms with Gasteiger partial charge in [0.05, 0.1) is 0 Å². The number of carbonyl (C=O) groups is 2. The van der Waals surface area contributed by atoms with Crippen molar-refractivity contribution in [1.82, 2.24) is 9.80 Å². The van der Waals surface area contributed by atoms with Gasteiger partial charge in [-0.15, -0.1) is 0 Å². The molecule has 0 aromatic rings. The zero-order valence-electron chi connectivity index (χ0n) is 10.9. The minimum Gasteiger partial charge on any atom is -0.339 e. The van der Waals surface area contributed by atoms with Crippen molar-refractivity contribution in [2.24, 2.45) is 5.41 Å². The second kappa shape index (κ2) is 4.44. The van der Waals surface area contributed by atoms with Crippen molar-refractivity contribution in [2.75, 3.05) is 19.6 Å². The van der Waals surface area contributed by atoms with Crippen LogP contribution in [-0.4, -0.2) is 47.3 Å². The van der Waals surface area contributed by atoms with Gasteiger partial charge < -0.3 is 9.80 Å². The molecule has 0 radical (unpaired) electrons. The van der Waals surface area contributed by atoms with Crippen LogP contribution in [0, 0.1) is 5.41 Å². The van der Waals surface area contributed by atoms with Crippen LogP contribution < -0.4 is 0 Å². The Morgan fingerprint density at radius 3 is 2.12 bits per heavy atom. The van der Waals surface area contributed by atoms with Gasteiger partial charge in [-0.25, -0.2) is 0 Å². The van der Waals surface area contributed by atoms with E-state index in [1.807, 2.05) is 32.6 Å². The first-order valence-corrected chi connectivity index (χ1v) is 5.80. The number of carbonyl (C=O) groups excluding carboxylic acids is 2. The zero-order valence-corrected chi connectivity index (χ0v) is 10.9. The Labute approximate surface area is 97.6 Å². The third kappa shape index (κ3) is 2.74. The molecule has 0 aliphatic carbocycles. The van der Waals surface area contributed by atoms with Crippen LogP contribution in [0.3, 0.4) is 0 Å². The Morgan fingerprint density at radius 1 is 1.19 bits per heavy atom. The maximum absolute atomic E-state index is 12.1. The first-order chi connectivity index (χ1) is 7.23. The third-order valence-electron chi connectivity index (χ3n) is 2.98. The topological polar surface area (TPSA) is 40.6 Å². The SMILES string of the molecule is CC(=O)N1CCN(C(=O)C(C)(C)C)C(C)C1. The van der Waals surface area contributed by atoms with Crippen molar-refractivity contribution < 1.29 is 9.59 Å². The molecule has 1 fully saturated rings. The first-order valence-electron chi connectivity index (χ1n) is 5.80. The number of rotatable bonds is 0. The summed E-state index contributed by atoms with van der Waals surface area (Å²) in [5.41, 5.74) is -0.341. The molecule has 16 heavy (non-hydrogen) atoms. The molecule has 0 bridgehead atoms. The Morgan fingerprint density at radius 2 is 1.75 bits per heavy atom. The van der Waals surface area contributed by atoms with Crippen molar-refractivity contribution in [3.05, 3.63) is 0 Å². The summed E-state index contributed by atoms with van der Waals surface area (Å²) in [5.74, 6) is 0.262. The second-order valence-corrected chi connectivity index (χ2v) is 5.56. The maximum atomic E-state index is 12.1. The smallest absolute Gasteiger partial charge is 0.228 e. The molecule has 0 aromatic heterocycles. The molecular weight excluding hydrogens is 204 g/mol. The van der Waals surface area contributed by atoms with E-state index in [0.717, 1.165) is 0 Å². The van der Waals surface area contributed by atoms with E-state index in [1.54, 1.807) is 11.8 Å². The van der Waals surface area contributed by atoms with Crippen LogP contribution in [0.25, 0.3) is 0 Å². The summed E-state index contributed by atoms with van der Waals surface area (Å²) in [6, 6.07) is 0.115. The van der Waals surface area contributed by atoms with Gasteiger partial charge in [-0.2, -0.15) is 0 Å². The predicted octanol–water partition coefficient (Wildman–Crippen LogP) is 1.11. The Bertz CT molecular complexity index is 294. The number of hydrogen-bond acceptors (Lipinski definition) is 2. The fraction of sp³-hybridized carbons (Fsp3) is 0.833. The quantitative estimate of drug-likeness (QED) is 0.621. The highest BCUT2D eigenvalue weighted by atomic mass is 16.2. The van der Waals surface area contributed by atoms with E-state index < -0.39 is 0 Å². The lowest BCUT2D eigenvalue weighted by molar-refractivity contribution is -0.147. The summed E-state index contributed by atoms with van der Waals surface area (Å²) < 4.78 is 0. The molecule has 1 heterocycles. The Balaban J connectivity index is 2.68. The van der Waals surface area contributed by atoms with Crippen LogP contribution in [-0.2, 0) is 9.59 Å². The van der Waals surface area contributed by atoms with E-state index in [4.69, 9.17) is 0 Å². The number of amides is 2. The molecule has 4 nitrogen and oxygen atoms in total. The monoisotopic (exact) mass is 226 g/mol. The molecule has 2 amide bonds. The van der Waals surface area contributed by atoms with Crippen LogP contribution in [0.5, 0.6) is 0 Å². The summed E-state index contributed by atoms with van der Waals surface area (Å²) in [5, 5.41) is 0. The molecule has 1 aliphatic heterocycles. The molecule has 0 aromatic carbocycles. The third-order valence-corrected chi connectivity index (χ3v) is 2.98. The van der Waals surface area contributed by atoms with Crippen LogP contribution in [0.15, 0.2) is 0 Å². The standard InChI is InChI=1S/C12H22N2O2/c1-9-8-13(10(2)15)6-7-14(9)11(16)12(3,4)5/h9H,6-8H2,1-5H3. The maximum Gasteiger partial charge on any atom is 0.228 e. The average Bonchev–Trinajstić information content (AvgIpc) is 2.15. The summed E-state index contributed by atoms with van der Waals surface area (Å²) in [6.07, 6.45) is 0. The average molecular weight is 226 g/mol. The molecule has 1 saturated heterocycles. The van der Waals surface area contributed by atoms with Crippen LogP contribution in [0.4, 0.5) is 0 Å². The summed E-state index contributed by atoms with van der Waals surface area (Å²) in [7, 11) is 0. The van der Waals surface area contributed by atoms with E-state index in [-0.39, 0.29) is 23.3 Å². The highest BCUT2D eigenvalue weighted by Crippen LogP contribution is 2.21. The van der Waals surface area contributed by atoms with Crippen molar-refractivity contribution >= 4 is 11.8 Å². The van der Waals surface area contributed by atoms with Gasteiger partial charge in [-0.1, -0.05) is 20.8 Å². The van der Waals surface area contributed by atoms with E-state index in [0.29, 0.717) is 19.6 Å². The lowest BCUT2D eigenvalue weighted by Crippen LogP contribution is -2.57. The van der Waals surface area contributed by atoms with Gasteiger partial charge in [0.15, 0.2) is 0 Å². The first kappa shape index (κ1) is 13.0. The zero-order chi connectivity index (χ0) is 12.5. The van der Waals surface area contributed by atoms with Crippen molar-refractivity contribution in [2.45, 2.75) is 40.7 Å². The molecule has 0 N–H and O–H groups in total. The van der Waals surface area contributed by atoms with Crippen LogP contribution in [0.2, 0.25) is 0 Å². The molecule has 1 rings (SSSR count). The van der Waals surface area contributed by atoms with Crippen molar-refractivity contribution in [3.63, 3.8) is 0 Å². The normalized spacial score (nSPS) is 22.2. The lowest BCUT2D eigenvalue weighted by Gasteiger charge is -2.42. The molecule has 0 spiro atoms. The van der Waals surface area contributed by atoms with Gasteiger partial charge in [0.2, 0.25) is 11.8 Å². The van der Waals surface area contributed by atoms with Gasteiger partial charge in [-0.05, 0) is 6.92 Å². The van der Waals surface area contributed by atoms with E-state index >= 15 is 0 Å². The van der Waals surface area contributed by atoms with Gasteiger partial charge in [-0.3, -0.25) is 9.59 Å². The highest BCUT2D eigenvalue weighted by molar-refractivity contribution is 5.82. The fourth-order valence-corrected chi connectivity index (χ4v) is 1.98. The van der Waals surface area contributed by atoms with Crippen molar-refractivity contribution in [3.8, 4) is 0 Å². The summed E-state index contributed by atoms with van der Waals surface area (Å²) in [4.78, 5) is 27.1. The van der Waals surface area contributed by atoms with E-state index in [1.165, 1.54) is 0 Å². The van der Waals surface area contributed by atoms with Gasteiger partial charge in [0.25, 0.3) is 0 Å². The van der Waals surface area contributed by atoms with Crippen LogP contribution in [0.1, 0.15) is 34.6 Å². The molecule has 4 heteroatoms. The number of nitrogens with zero attached hydrogens (tertiary/aromatic N) is 2. The summed E-state index contributed by atoms with van der Waals surface area (Å²) >= 11 is 0. The highest BCUT2D eigenvalue weighted by Gasteiger charge is 2.34. The van der Waals surface area contributed by atoms with E-state index in [9.17, 15) is 9.59 Å². The largest absolute Gasteiger partial charge is 0.339 e. The fourth-order valence-electron chi connectivity index (χ4n) is 1.98. The molecule has 0 saturated carbocycles. The summed E-state index contributed by atoms with van der Waals surface area (Å²) in [6.45, 7) is 11.3. The van der Waals surface area contributed by atoms with Gasteiger partial charge in [0, 0.05) is 38.0 Å². The molecule has 1 unspecified atom stereocenters. The molecular formula is C12H22N2O2. The van der Waals surface area contributed by atoms with Gasteiger partial charge >= 0.3 is 0 Å². The minimum atomic E-state index is -0.341. The minimum absolute atomic E-state index is 0.0923. The Kier molecular flexibility index (Phi) is 3.61. The lowest BCUT2D eigenvalue weighted by atomic mass is 9.93. The van der Waals surface area contributed by atoms with Crippen molar-refractivity contribution in [1.29, 1.82) is 0 Å². The number of piperazine rings is 1. The second-order valence-electron chi connectivity index (χ2n) is 5.56. The Hall–Kier alpha value is -1.06.